The molecule has 1 amide bonds. The number of rotatable bonds is 4. The number of amides is 1. The van der Waals surface area contributed by atoms with E-state index < -0.39 is 4.92 Å². The van der Waals surface area contributed by atoms with Gasteiger partial charge in [0, 0.05) is 12.1 Å². The largest absolute Gasteiger partial charge is 0.273 e. The van der Waals surface area contributed by atoms with Crippen LogP contribution < -0.4 is 5.43 Å². The zero-order valence-corrected chi connectivity index (χ0v) is 13.5. The number of carbonyl (C=O) groups is 1. The van der Waals surface area contributed by atoms with Crippen LogP contribution in [0.3, 0.4) is 0 Å². The molecule has 126 valence electrons. The average Bonchev–Trinajstić information content (AvgIpc) is 2.54. The smallest absolute Gasteiger partial charge is 0.269 e. The molecule has 6 heteroatoms. The summed E-state index contributed by atoms with van der Waals surface area (Å²) in [5.74, 6) is 2.22. The zero-order valence-electron chi connectivity index (χ0n) is 13.5. The first-order valence-electron chi connectivity index (χ1n) is 8.62. The van der Waals surface area contributed by atoms with Crippen LogP contribution in [-0.4, -0.2) is 17.0 Å². The number of hydrogen-bond acceptors (Lipinski definition) is 4. The van der Waals surface area contributed by atoms with E-state index in [1.165, 1.54) is 31.4 Å². The third-order valence-corrected chi connectivity index (χ3v) is 6.00. The summed E-state index contributed by atoms with van der Waals surface area (Å²) in [7, 11) is 0. The zero-order chi connectivity index (χ0) is 16.7. The Morgan fingerprint density at radius 1 is 1.12 bits per heavy atom. The van der Waals surface area contributed by atoms with Crippen LogP contribution in [0.5, 0.6) is 0 Å². The number of nitro benzene ring substituents is 1. The number of nitrogens with zero attached hydrogens (tertiary/aromatic N) is 2. The number of carbonyl (C=O) groups excluding carboxylic acids is 1. The van der Waals surface area contributed by atoms with Gasteiger partial charge in [-0.1, -0.05) is 0 Å². The van der Waals surface area contributed by atoms with Crippen molar-refractivity contribution in [3.8, 4) is 0 Å². The molecule has 4 aliphatic carbocycles. The number of hydrogen-bond donors (Lipinski definition) is 1. The van der Waals surface area contributed by atoms with Crippen molar-refractivity contribution in [1.29, 1.82) is 0 Å². The predicted molar refractivity (Wildman–Crippen MR) is 89.4 cm³/mol. The molecule has 0 heterocycles. The molecular weight excluding hydrogens is 306 g/mol. The molecule has 1 N–H and O–H groups in total. The van der Waals surface area contributed by atoms with Crippen LogP contribution in [0.4, 0.5) is 5.69 Å². The van der Waals surface area contributed by atoms with Crippen molar-refractivity contribution in [2.45, 2.75) is 38.5 Å². The van der Waals surface area contributed by atoms with Crippen molar-refractivity contribution < 1.29 is 9.72 Å². The second-order valence-corrected chi connectivity index (χ2v) is 7.75. The Hall–Kier alpha value is -2.24. The van der Waals surface area contributed by atoms with E-state index in [2.05, 4.69) is 10.5 Å². The van der Waals surface area contributed by atoms with Gasteiger partial charge in [0.1, 0.15) is 0 Å². The summed E-state index contributed by atoms with van der Waals surface area (Å²) in [4.78, 5) is 22.9. The molecule has 4 saturated carbocycles. The first kappa shape index (κ1) is 15.3. The summed E-state index contributed by atoms with van der Waals surface area (Å²) >= 11 is 0. The van der Waals surface area contributed by atoms with Crippen molar-refractivity contribution in [3.63, 3.8) is 0 Å². The molecule has 24 heavy (non-hydrogen) atoms. The molecule has 1 aromatic carbocycles. The Morgan fingerprint density at radius 3 is 2.17 bits per heavy atom. The molecule has 0 aromatic heterocycles. The Morgan fingerprint density at radius 2 is 1.67 bits per heavy atom. The number of non-ortho nitro benzene ring substituents is 1. The van der Waals surface area contributed by atoms with E-state index in [0.717, 1.165) is 42.6 Å². The number of hydrazone groups is 1. The predicted octanol–water partition coefficient (Wildman–Crippen LogP) is 3.26. The fourth-order valence-corrected chi connectivity index (χ4v) is 5.35. The SMILES string of the molecule is O=C(NN=Cc1ccc([N+](=O)[O-])cc1)C12CC3CC(CC(C3)C1)C2. The molecule has 0 radical (unpaired) electrons. The topological polar surface area (TPSA) is 84.6 Å². The summed E-state index contributed by atoms with van der Waals surface area (Å²) < 4.78 is 0. The summed E-state index contributed by atoms with van der Waals surface area (Å²) in [6.07, 6.45) is 8.49. The van der Waals surface area contributed by atoms with E-state index in [4.69, 9.17) is 0 Å². The van der Waals surface area contributed by atoms with Crippen LogP contribution in [0.2, 0.25) is 0 Å². The van der Waals surface area contributed by atoms with Gasteiger partial charge in [0.15, 0.2) is 0 Å². The molecule has 0 spiro atoms. The summed E-state index contributed by atoms with van der Waals surface area (Å²) in [5.41, 5.74) is 3.29. The maximum absolute atomic E-state index is 12.7. The standard InChI is InChI=1S/C18H21N3O3/c22-17(18-8-13-5-14(9-18)7-15(6-13)10-18)20-19-11-12-1-3-16(4-2-12)21(23)24/h1-4,11,13-15H,5-10H2,(H,20,22). The van der Waals surface area contributed by atoms with Crippen molar-refractivity contribution in [3.05, 3.63) is 39.9 Å². The van der Waals surface area contributed by atoms with Gasteiger partial charge in [-0.15, -0.1) is 0 Å². The highest BCUT2D eigenvalue weighted by Crippen LogP contribution is 2.60. The van der Waals surface area contributed by atoms with Gasteiger partial charge in [0.05, 0.1) is 16.6 Å². The highest BCUT2D eigenvalue weighted by molar-refractivity contribution is 5.85. The van der Waals surface area contributed by atoms with Gasteiger partial charge in [0.25, 0.3) is 5.69 Å². The minimum absolute atomic E-state index is 0.0461. The lowest BCUT2D eigenvalue weighted by Crippen LogP contribution is -2.52. The average molecular weight is 327 g/mol. The first-order valence-corrected chi connectivity index (χ1v) is 8.62. The Balaban J connectivity index is 1.40. The van der Waals surface area contributed by atoms with E-state index in [1.807, 2.05) is 0 Å². The second kappa shape index (κ2) is 5.69. The molecular formula is C18H21N3O3. The van der Waals surface area contributed by atoms with Crippen molar-refractivity contribution in [2.75, 3.05) is 0 Å². The van der Waals surface area contributed by atoms with Crippen molar-refractivity contribution >= 4 is 17.8 Å². The first-order chi connectivity index (χ1) is 11.5. The summed E-state index contributed by atoms with van der Waals surface area (Å²) in [5, 5.41) is 14.7. The number of nitrogens with one attached hydrogen (secondary N) is 1. The molecule has 1 aromatic rings. The third-order valence-electron chi connectivity index (χ3n) is 6.00. The van der Waals surface area contributed by atoms with Crippen molar-refractivity contribution in [1.82, 2.24) is 5.43 Å². The highest BCUT2D eigenvalue weighted by atomic mass is 16.6. The molecule has 4 bridgehead atoms. The molecule has 4 fully saturated rings. The maximum atomic E-state index is 12.7. The van der Waals surface area contributed by atoms with E-state index >= 15 is 0 Å². The lowest BCUT2D eigenvalue weighted by Gasteiger charge is -2.55. The maximum Gasteiger partial charge on any atom is 0.269 e. The Labute approximate surface area is 140 Å². The van der Waals surface area contributed by atoms with Gasteiger partial charge in [-0.05, 0) is 74.0 Å². The molecule has 4 aliphatic rings. The number of benzene rings is 1. The van der Waals surface area contributed by atoms with Crippen LogP contribution in [0.1, 0.15) is 44.1 Å². The lowest BCUT2D eigenvalue weighted by atomic mass is 9.49. The van der Waals surface area contributed by atoms with E-state index in [1.54, 1.807) is 18.3 Å². The second-order valence-electron chi connectivity index (χ2n) is 7.75. The van der Waals surface area contributed by atoms with E-state index in [-0.39, 0.29) is 17.0 Å². The molecule has 6 nitrogen and oxygen atoms in total. The number of nitro groups is 1. The van der Waals surface area contributed by atoms with Gasteiger partial charge >= 0.3 is 0 Å². The fraction of sp³-hybridized carbons (Fsp3) is 0.556. The lowest BCUT2D eigenvalue weighted by molar-refractivity contribution is -0.384. The van der Waals surface area contributed by atoms with Gasteiger partial charge < -0.3 is 0 Å². The molecule has 0 atom stereocenters. The van der Waals surface area contributed by atoms with Crippen LogP contribution in [0.15, 0.2) is 29.4 Å². The van der Waals surface area contributed by atoms with Gasteiger partial charge in [-0.3, -0.25) is 14.9 Å². The normalized spacial score (nSPS) is 33.8. The van der Waals surface area contributed by atoms with Gasteiger partial charge in [0.2, 0.25) is 5.91 Å². The van der Waals surface area contributed by atoms with Crippen LogP contribution in [0, 0.1) is 33.3 Å². The minimum atomic E-state index is -0.435. The summed E-state index contributed by atoms with van der Waals surface area (Å²) in [6, 6.07) is 6.11. The van der Waals surface area contributed by atoms with Crippen LogP contribution in [0.25, 0.3) is 0 Å². The molecule has 5 rings (SSSR count). The monoisotopic (exact) mass is 327 g/mol. The van der Waals surface area contributed by atoms with Crippen LogP contribution >= 0.6 is 0 Å². The summed E-state index contributed by atoms with van der Waals surface area (Å²) in [6.45, 7) is 0. The molecule has 0 saturated heterocycles. The fourth-order valence-electron chi connectivity index (χ4n) is 5.35. The Bertz CT molecular complexity index is 661. The van der Waals surface area contributed by atoms with Gasteiger partial charge in [-0.2, -0.15) is 5.10 Å². The van der Waals surface area contributed by atoms with Crippen LogP contribution in [-0.2, 0) is 4.79 Å². The van der Waals surface area contributed by atoms with E-state index in [0.29, 0.717) is 0 Å². The Kier molecular flexibility index (Phi) is 3.62. The highest BCUT2D eigenvalue weighted by Gasteiger charge is 2.54. The third kappa shape index (κ3) is 2.70. The molecule has 0 unspecified atom stereocenters. The van der Waals surface area contributed by atoms with E-state index in [9.17, 15) is 14.9 Å². The van der Waals surface area contributed by atoms with Gasteiger partial charge in [-0.25, -0.2) is 5.43 Å². The molecule has 0 aliphatic heterocycles. The quantitative estimate of drug-likeness (QED) is 0.523. The minimum Gasteiger partial charge on any atom is -0.273 e. The van der Waals surface area contributed by atoms with Crippen molar-refractivity contribution in [2.24, 2.45) is 28.3 Å².